The highest BCUT2D eigenvalue weighted by molar-refractivity contribution is 9.10. The van der Waals surface area contributed by atoms with Crippen LogP contribution in [0.15, 0.2) is 16.6 Å². The molecular formula is C13H15BrF2N2O3. The number of halogens is 3. The lowest BCUT2D eigenvalue weighted by molar-refractivity contribution is -0.139. The molecule has 1 rings (SSSR count). The summed E-state index contributed by atoms with van der Waals surface area (Å²) in [6.07, 6.45) is 1.01. The zero-order valence-corrected chi connectivity index (χ0v) is 12.8. The maximum Gasteiger partial charge on any atom is 0.320 e. The molecule has 116 valence electrons. The number of hydrogen-bond donors (Lipinski definition) is 3. The molecular weight excluding hydrogens is 350 g/mol. The maximum absolute atomic E-state index is 13.5. The van der Waals surface area contributed by atoms with Gasteiger partial charge in [-0.2, -0.15) is 0 Å². The van der Waals surface area contributed by atoms with E-state index in [1.807, 2.05) is 6.92 Å². The lowest BCUT2D eigenvalue weighted by Gasteiger charge is -2.14. The highest BCUT2D eigenvalue weighted by Gasteiger charge is 2.18. The summed E-state index contributed by atoms with van der Waals surface area (Å²) in [5.74, 6) is -3.37. The maximum atomic E-state index is 13.5. The molecule has 21 heavy (non-hydrogen) atoms. The molecule has 3 N–H and O–H groups in total. The van der Waals surface area contributed by atoms with E-state index >= 15 is 0 Å². The Morgan fingerprint density at radius 2 is 2.05 bits per heavy atom. The predicted molar refractivity (Wildman–Crippen MR) is 77.0 cm³/mol. The number of aliphatic carboxylic acids is 1. The van der Waals surface area contributed by atoms with Gasteiger partial charge < -0.3 is 10.4 Å². The van der Waals surface area contributed by atoms with E-state index in [4.69, 9.17) is 5.11 Å². The Hall–Kier alpha value is -1.54. The van der Waals surface area contributed by atoms with Crippen molar-refractivity contribution in [1.82, 2.24) is 5.32 Å². The summed E-state index contributed by atoms with van der Waals surface area (Å²) in [7, 11) is 0. The summed E-state index contributed by atoms with van der Waals surface area (Å²) in [5.41, 5.74) is -0.189. The third-order valence-corrected chi connectivity index (χ3v) is 3.28. The van der Waals surface area contributed by atoms with Crippen LogP contribution in [0, 0.1) is 11.6 Å². The first-order chi connectivity index (χ1) is 9.85. The van der Waals surface area contributed by atoms with E-state index in [2.05, 4.69) is 26.6 Å². The van der Waals surface area contributed by atoms with Crippen molar-refractivity contribution in [2.75, 3.05) is 11.9 Å². The molecule has 0 saturated carbocycles. The van der Waals surface area contributed by atoms with Crippen molar-refractivity contribution < 1.29 is 23.5 Å². The fourth-order valence-electron chi connectivity index (χ4n) is 1.66. The zero-order valence-electron chi connectivity index (χ0n) is 11.3. The van der Waals surface area contributed by atoms with Crippen LogP contribution in [0.2, 0.25) is 0 Å². The predicted octanol–water partition coefficient (Wildman–Crippen LogP) is 2.51. The van der Waals surface area contributed by atoms with Crippen LogP contribution in [-0.2, 0) is 9.59 Å². The summed E-state index contributed by atoms with van der Waals surface area (Å²) < 4.78 is 26.5. The summed E-state index contributed by atoms with van der Waals surface area (Å²) >= 11 is 2.95. The molecule has 0 heterocycles. The van der Waals surface area contributed by atoms with Crippen LogP contribution >= 0.6 is 15.9 Å². The van der Waals surface area contributed by atoms with Crippen LogP contribution in [-0.4, -0.2) is 29.6 Å². The van der Waals surface area contributed by atoms with Gasteiger partial charge in [0, 0.05) is 10.5 Å². The van der Waals surface area contributed by atoms with Crippen molar-refractivity contribution in [3.63, 3.8) is 0 Å². The van der Waals surface area contributed by atoms with Gasteiger partial charge in [-0.25, -0.2) is 8.78 Å². The van der Waals surface area contributed by atoms with Crippen LogP contribution < -0.4 is 10.6 Å². The van der Waals surface area contributed by atoms with Crippen LogP contribution in [0.3, 0.4) is 0 Å². The summed E-state index contributed by atoms with van der Waals surface area (Å²) in [6, 6.07) is 0.816. The number of carboxylic acids is 1. The molecule has 0 fully saturated rings. The van der Waals surface area contributed by atoms with E-state index in [1.165, 1.54) is 0 Å². The van der Waals surface area contributed by atoms with Crippen LogP contribution in [0.4, 0.5) is 14.5 Å². The van der Waals surface area contributed by atoms with Gasteiger partial charge in [-0.3, -0.25) is 14.9 Å². The Balaban J connectivity index is 2.64. The average Bonchev–Trinajstić information content (AvgIpc) is 2.38. The quantitative estimate of drug-likeness (QED) is 0.694. The molecule has 0 bridgehead atoms. The molecule has 0 aliphatic heterocycles. The molecule has 0 aliphatic rings. The Morgan fingerprint density at radius 3 is 2.57 bits per heavy atom. The fraction of sp³-hybridized carbons (Fsp3) is 0.385. The smallest absolute Gasteiger partial charge is 0.320 e. The van der Waals surface area contributed by atoms with Gasteiger partial charge in [0.15, 0.2) is 5.82 Å². The van der Waals surface area contributed by atoms with Crippen LogP contribution in [0.25, 0.3) is 0 Å². The van der Waals surface area contributed by atoms with Crippen molar-refractivity contribution >= 4 is 33.5 Å². The van der Waals surface area contributed by atoms with Crippen molar-refractivity contribution in [1.29, 1.82) is 0 Å². The molecule has 1 atom stereocenters. The van der Waals surface area contributed by atoms with Gasteiger partial charge in [-0.05, 0) is 28.4 Å². The topological polar surface area (TPSA) is 78.4 Å². The van der Waals surface area contributed by atoms with Gasteiger partial charge >= 0.3 is 5.97 Å². The van der Waals surface area contributed by atoms with Crippen LogP contribution in [0.5, 0.6) is 0 Å². The second kappa shape index (κ2) is 8.04. The molecule has 0 saturated heterocycles. The molecule has 1 amide bonds. The largest absolute Gasteiger partial charge is 0.480 e. The molecule has 0 aliphatic carbocycles. The minimum atomic E-state index is -1.06. The van der Waals surface area contributed by atoms with Crippen molar-refractivity contribution in [3.05, 3.63) is 28.2 Å². The fourth-order valence-corrected chi connectivity index (χ4v) is 2.17. The second-order valence-electron chi connectivity index (χ2n) is 4.35. The molecule has 0 spiro atoms. The number of carboxylic acid groups (broad SMARTS) is 1. The third-order valence-electron chi connectivity index (χ3n) is 2.66. The van der Waals surface area contributed by atoms with E-state index in [0.29, 0.717) is 18.9 Å². The van der Waals surface area contributed by atoms with Crippen LogP contribution in [0.1, 0.15) is 19.8 Å². The lowest BCUT2D eigenvalue weighted by Crippen LogP contribution is -2.41. The van der Waals surface area contributed by atoms with Crippen molar-refractivity contribution in [2.24, 2.45) is 0 Å². The Kier molecular flexibility index (Phi) is 6.70. The molecule has 5 nitrogen and oxygen atoms in total. The Bertz CT molecular complexity index is 517. The van der Waals surface area contributed by atoms with Crippen molar-refractivity contribution in [3.8, 4) is 0 Å². The number of rotatable bonds is 7. The standard InChI is InChI=1S/C13H15BrF2N2O3/c1-2-3-10(13(20)21)17-6-11(19)18-12-8(14)4-7(15)5-9(12)16/h4-5,10,17H,2-3,6H2,1H3,(H,18,19)(H,20,21). The number of carbonyl (C=O) groups excluding carboxylic acids is 1. The normalized spacial score (nSPS) is 12.0. The van der Waals surface area contributed by atoms with Gasteiger partial charge in [-0.15, -0.1) is 0 Å². The number of hydrogen-bond acceptors (Lipinski definition) is 3. The Labute approximate surface area is 128 Å². The number of nitrogens with one attached hydrogen (secondary N) is 2. The van der Waals surface area contributed by atoms with Crippen molar-refractivity contribution in [2.45, 2.75) is 25.8 Å². The minimum Gasteiger partial charge on any atom is -0.480 e. The molecule has 1 unspecified atom stereocenters. The minimum absolute atomic E-state index is 0.0664. The van der Waals surface area contributed by atoms with Gasteiger partial charge in [-0.1, -0.05) is 13.3 Å². The van der Waals surface area contributed by atoms with E-state index in [9.17, 15) is 18.4 Å². The summed E-state index contributed by atoms with van der Waals surface area (Å²) in [5, 5.41) is 13.7. The van der Waals surface area contributed by atoms with E-state index in [-0.39, 0.29) is 16.7 Å². The first kappa shape index (κ1) is 17.5. The first-order valence-corrected chi connectivity index (χ1v) is 7.05. The molecule has 8 heteroatoms. The molecule has 1 aromatic carbocycles. The molecule has 0 radical (unpaired) electrons. The highest BCUT2D eigenvalue weighted by atomic mass is 79.9. The first-order valence-electron chi connectivity index (χ1n) is 6.25. The lowest BCUT2D eigenvalue weighted by atomic mass is 10.2. The van der Waals surface area contributed by atoms with Gasteiger partial charge in [0.05, 0.1) is 12.2 Å². The Morgan fingerprint density at radius 1 is 1.38 bits per heavy atom. The zero-order chi connectivity index (χ0) is 16.0. The van der Waals surface area contributed by atoms with Gasteiger partial charge in [0.2, 0.25) is 5.91 Å². The number of amides is 1. The number of benzene rings is 1. The van der Waals surface area contributed by atoms with E-state index < -0.39 is 29.6 Å². The average molecular weight is 365 g/mol. The van der Waals surface area contributed by atoms with Gasteiger partial charge in [0.1, 0.15) is 11.9 Å². The van der Waals surface area contributed by atoms with E-state index in [0.717, 1.165) is 6.07 Å². The monoisotopic (exact) mass is 364 g/mol. The summed E-state index contributed by atoms with van der Waals surface area (Å²) in [4.78, 5) is 22.6. The summed E-state index contributed by atoms with van der Waals surface area (Å²) in [6.45, 7) is 1.53. The van der Waals surface area contributed by atoms with E-state index in [1.54, 1.807) is 0 Å². The van der Waals surface area contributed by atoms with Gasteiger partial charge in [0.25, 0.3) is 0 Å². The number of anilines is 1. The number of carbonyl (C=O) groups is 2. The second-order valence-corrected chi connectivity index (χ2v) is 5.21. The highest BCUT2D eigenvalue weighted by Crippen LogP contribution is 2.26. The SMILES string of the molecule is CCCC(NCC(=O)Nc1c(F)cc(F)cc1Br)C(=O)O. The molecule has 1 aromatic rings. The molecule has 0 aromatic heterocycles. The third kappa shape index (κ3) is 5.39.